The summed E-state index contributed by atoms with van der Waals surface area (Å²) in [5.41, 5.74) is 3.71. The Bertz CT molecular complexity index is 1180. The van der Waals surface area contributed by atoms with Gasteiger partial charge in [-0.1, -0.05) is 42.5 Å². The maximum absolute atomic E-state index is 12.8. The van der Waals surface area contributed by atoms with E-state index in [0.717, 1.165) is 29.3 Å². The third-order valence-electron chi connectivity index (χ3n) is 4.55. The first-order chi connectivity index (χ1) is 15.7. The molecule has 2 N–H and O–H groups in total. The van der Waals surface area contributed by atoms with Gasteiger partial charge in [-0.3, -0.25) is 9.59 Å². The Morgan fingerprint density at radius 3 is 2.48 bits per heavy atom. The smallest absolute Gasteiger partial charge is 0.416 e. The topological polar surface area (TPSA) is 79.8 Å². The lowest BCUT2D eigenvalue weighted by molar-refractivity contribution is -0.137. The van der Waals surface area contributed by atoms with Gasteiger partial charge in [-0.15, -0.1) is 0 Å². The van der Waals surface area contributed by atoms with E-state index < -0.39 is 23.6 Å². The van der Waals surface area contributed by atoms with Gasteiger partial charge in [0.05, 0.1) is 11.8 Å². The predicted octanol–water partition coefficient (Wildman–Crippen LogP) is 4.68. The monoisotopic (exact) mass is 455 g/mol. The molecule has 0 atom stereocenters. The van der Waals surface area contributed by atoms with Crippen LogP contribution in [0.15, 0.2) is 77.9 Å². The summed E-state index contributed by atoms with van der Waals surface area (Å²) in [6, 6.07) is 18.8. The lowest BCUT2D eigenvalue weighted by Gasteiger charge is -2.09. The highest BCUT2D eigenvalue weighted by Crippen LogP contribution is 2.30. The lowest BCUT2D eigenvalue weighted by Crippen LogP contribution is -2.32. The van der Waals surface area contributed by atoms with Gasteiger partial charge in [0.1, 0.15) is 12.4 Å². The van der Waals surface area contributed by atoms with Crippen LogP contribution in [-0.2, 0) is 22.4 Å². The van der Waals surface area contributed by atoms with Crippen LogP contribution in [0, 0.1) is 6.92 Å². The third kappa shape index (κ3) is 6.93. The van der Waals surface area contributed by atoms with Crippen molar-refractivity contribution in [1.29, 1.82) is 0 Å². The largest absolute Gasteiger partial charge is 0.489 e. The van der Waals surface area contributed by atoms with E-state index in [-0.39, 0.29) is 5.69 Å². The molecule has 0 fully saturated rings. The molecule has 33 heavy (non-hydrogen) atoms. The molecule has 170 valence electrons. The lowest BCUT2D eigenvalue weighted by atomic mass is 10.1. The normalized spacial score (nSPS) is 11.3. The van der Waals surface area contributed by atoms with Crippen molar-refractivity contribution in [3.05, 3.63) is 95.1 Å². The zero-order valence-electron chi connectivity index (χ0n) is 17.5. The number of aryl methyl sites for hydroxylation is 1. The molecule has 0 heterocycles. The Labute approximate surface area is 188 Å². The van der Waals surface area contributed by atoms with Crippen molar-refractivity contribution >= 4 is 23.7 Å². The molecule has 0 spiro atoms. The van der Waals surface area contributed by atoms with Crippen LogP contribution < -0.4 is 15.5 Å². The number of rotatable bonds is 6. The molecule has 3 aromatic carbocycles. The molecule has 3 rings (SSSR count). The van der Waals surface area contributed by atoms with Crippen molar-refractivity contribution < 1.29 is 27.5 Å². The number of hydrazone groups is 1. The molecule has 2 amide bonds. The summed E-state index contributed by atoms with van der Waals surface area (Å²) in [6.45, 7) is 2.38. The van der Waals surface area contributed by atoms with Gasteiger partial charge >= 0.3 is 18.0 Å². The number of carbonyl (C=O) groups is 2. The second kappa shape index (κ2) is 10.4. The summed E-state index contributed by atoms with van der Waals surface area (Å²) in [4.78, 5) is 23.8. The maximum atomic E-state index is 12.8. The van der Waals surface area contributed by atoms with Gasteiger partial charge in [-0.25, -0.2) is 5.43 Å². The fraction of sp³-hybridized carbons (Fsp3) is 0.125. The molecule has 0 saturated carbocycles. The van der Waals surface area contributed by atoms with Crippen molar-refractivity contribution in [1.82, 2.24) is 5.43 Å². The second-order valence-electron chi connectivity index (χ2n) is 7.02. The number of hydrogen-bond acceptors (Lipinski definition) is 4. The molecule has 0 aliphatic heterocycles. The summed E-state index contributed by atoms with van der Waals surface area (Å²) in [5.74, 6) is -1.69. The van der Waals surface area contributed by atoms with Crippen molar-refractivity contribution in [3.8, 4) is 5.75 Å². The van der Waals surface area contributed by atoms with E-state index in [1.165, 1.54) is 12.3 Å². The summed E-state index contributed by atoms with van der Waals surface area (Å²) in [6.07, 6.45) is -3.25. The number of carbonyl (C=O) groups excluding carboxylic acids is 2. The van der Waals surface area contributed by atoms with Crippen molar-refractivity contribution in [3.63, 3.8) is 0 Å². The maximum Gasteiger partial charge on any atom is 0.416 e. The molecule has 0 saturated heterocycles. The van der Waals surface area contributed by atoms with E-state index in [9.17, 15) is 22.8 Å². The van der Waals surface area contributed by atoms with Gasteiger partial charge < -0.3 is 10.1 Å². The molecule has 0 aliphatic carbocycles. The van der Waals surface area contributed by atoms with Gasteiger partial charge in [-0.05, 0) is 53.9 Å². The van der Waals surface area contributed by atoms with E-state index in [1.54, 1.807) is 24.3 Å². The zero-order valence-corrected chi connectivity index (χ0v) is 17.5. The number of anilines is 1. The standard InChI is InChI=1S/C24H20F3N3O3/c1-16-6-2-3-8-18(16)15-33-21-11-4-7-17(12-21)14-28-30-23(32)22(31)29-20-10-5-9-19(13-20)24(25,26)27/h2-14H,15H2,1H3,(H,29,31)(H,30,32). The van der Waals surface area contributed by atoms with E-state index in [4.69, 9.17) is 4.74 Å². The van der Waals surface area contributed by atoms with Crippen LogP contribution in [0.25, 0.3) is 0 Å². The van der Waals surface area contributed by atoms with Crippen LogP contribution in [0.5, 0.6) is 5.75 Å². The van der Waals surface area contributed by atoms with E-state index in [0.29, 0.717) is 17.9 Å². The predicted molar refractivity (Wildman–Crippen MR) is 118 cm³/mol. The number of benzene rings is 3. The molecule has 0 bridgehead atoms. The Balaban J connectivity index is 1.54. The van der Waals surface area contributed by atoms with Crippen LogP contribution in [0.2, 0.25) is 0 Å². The van der Waals surface area contributed by atoms with Gasteiger partial charge in [-0.2, -0.15) is 18.3 Å². The number of alkyl halides is 3. The first-order valence-corrected chi connectivity index (χ1v) is 9.81. The van der Waals surface area contributed by atoms with Gasteiger partial charge in [0.2, 0.25) is 0 Å². The van der Waals surface area contributed by atoms with Gasteiger partial charge in [0.25, 0.3) is 0 Å². The summed E-state index contributed by atoms with van der Waals surface area (Å²) in [7, 11) is 0. The van der Waals surface area contributed by atoms with Crippen LogP contribution in [-0.4, -0.2) is 18.0 Å². The summed E-state index contributed by atoms with van der Waals surface area (Å²) >= 11 is 0. The van der Waals surface area contributed by atoms with E-state index in [1.807, 2.05) is 36.6 Å². The highest BCUT2D eigenvalue weighted by atomic mass is 19.4. The fourth-order valence-corrected chi connectivity index (χ4v) is 2.80. The highest BCUT2D eigenvalue weighted by molar-refractivity contribution is 6.39. The minimum atomic E-state index is -4.56. The molecular formula is C24H20F3N3O3. The quantitative estimate of drug-likeness (QED) is 0.322. The number of amides is 2. The molecule has 0 aromatic heterocycles. The van der Waals surface area contributed by atoms with Gasteiger partial charge in [0.15, 0.2) is 0 Å². The number of hydrogen-bond donors (Lipinski definition) is 2. The van der Waals surface area contributed by atoms with Crippen molar-refractivity contribution in [2.24, 2.45) is 5.10 Å². The fourth-order valence-electron chi connectivity index (χ4n) is 2.80. The molecule has 0 radical (unpaired) electrons. The van der Waals surface area contributed by atoms with E-state index >= 15 is 0 Å². The molecular weight excluding hydrogens is 435 g/mol. The Morgan fingerprint density at radius 2 is 1.73 bits per heavy atom. The first-order valence-electron chi connectivity index (χ1n) is 9.81. The van der Waals surface area contributed by atoms with Gasteiger partial charge in [0, 0.05) is 5.69 Å². The van der Waals surface area contributed by atoms with Crippen LogP contribution in [0.1, 0.15) is 22.3 Å². The summed E-state index contributed by atoms with van der Waals surface area (Å²) < 4.78 is 44.0. The summed E-state index contributed by atoms with van der Waals surface area (Å²) in [5, 5.41) is 5.82. The highest BCUT2D eigenvalue weighted by Gasteiger charge is 2.30. The number of halogens is 3. The van der Waals surface area contributed by atoms with Crippen molar-refractivity contribution in [2.75, 3.05) is 5.32 Å². The first kappa shape index (κ1) is 23.5. The van der Waals surface area contributed by atoms with Crippen LogP contribution >= 0.6 is 0 Å². The average molecular weight is 455 g/mol. The minimum Gasteiger partial charge on any atom is -0.489 e. The van der Waals surface area contributed by atoms with Crippen molar-refractivity contribution in [2.45, 2.75) is 19.7 Å². The zero-order chi connectivity index (χ0) is 23.8. The number of nitrogens with zero attached hydrogens (tertiary/aromatic N) is 1. The Morgan fingerprint density at radius 1 is 0.970 bits per heavy atom. The second-order valence-corrected chi connectivity index (χ2v) is 7.02. The SMILES string of the molecule is Cc1ccccc1COc1cccc(C=NNC(=O)C(=O)Nc2cccc(C(F)(F)F)c2)c1. The molecule has 0 unspecified atom stereocenters. The Kier molecular flexibility index (Phi) is 7.45. The third-order valence-corrected chi connectivity index (χ3v) is 4.55. The average Bonchev–Trinajstić information content (AvgIpc) is 2.78. The number of nitrogens with one attached hydrogen (secondary N) is 2. The van der Waals surface area contributed by atoms with E-state index in [2.05, 4.69) is 10.4 Å². The van der Waals surface area contributed by atoms with Crippen LogP contribution in [0.4, 0.5) is 18.9 Å². The molecule has 0 aliphatic rings. The van der Waals surface area contributed by atoms with Crippen LogP contribution in [0.3, 0.4) is 0 Å². The molecule has 6 nitrogen and oxygen atoms in total. The molecule has 3 aromatic rings. The minimum absolute atomic E-state index is 0.160. The number of ether oxygens (including phenoxy) is 1. The molecule has 9 heteroatoms. The Hall–Kier alpha value is -4.14.